The van der Waals surface area contributed by atoms with Crippen LogP contribution in [0.3, 0.4) is 0 Å². The van der Waals surface area contributed by atoms with Crippen molar-refractivity contribution in [2.24, 2.45) is 0 Å². The normalized spacial score (nSPS) is 10.8. The minimum absolute atomic E-state index is 0.492. The zero-order chi connectivity index (χ0) is 11.4. The standard InChI is InChI=1S/C12H19BrN2/c1-5-6-15(9(2)3)12-8-10(4)7-11(13)14-12/h7-9H,5-6H2,1-4H3. The summed E-state index contributed by atoms with van der Waals surface area (Å²) in [4.78, 5) is 6.85. The van der Waals surface area contributed by atoms with E-state index >= 15 is 0 Å². The Labute approximate surface area is 101 Å². The van der Waals surface area contributed by atoms with Crippen LogP contribution in [-0.4, -0.2) is 17.6 Å². The lowest BCUT2D eigenvalue weighted by Gasteiger charge is -2.27. The van der Waals surface area contributed by atoms with E-state index in [4.69, 9.17) is 0 Å². The Hall–Kier alpha value is -0.570. The van der Waals surface area contributed by atoms with Gasteiger partial charge in [0.2, 0.25) is 0 Å². The van der Waals surface area contributed by atoms with Gasteiger partial charge in [0.15, 0.2) is 0 Å². The smallest absolute Gasteiger partial charge is 0.130 e. The van der Waals surface area contributed by atoms with Gasteiger partial charge in [0, 0.05) is 12.6 Å². The highest BCUT2D eigenvalue weighted by molar-refractivity contribution is 9.10. The predicted molar refractivity (Wildman–Crippen MR) is 69.4 cm³/mol. The van der Waals surface area contributed by atoms with Crippen LogP contribution in [0.1, 0.15) is 32.8 Å². The van der Waals surface area contributed by atoms with Crippen LogP contribution in [0, 0.1) is 6.92 Å². The minimum atomic E-state index is 0.492. The summed E-state index contributed by atoms with van der Waals surface area (Å²) in [6.07, 6.45) is 1.14. The van der Waals surface area contributed by atoms with Crippen LogP contribution in [0.5, 0.6) is 0 Å². The average Bonchev–Trinajstić information content (AvgIpc) is 2.11. The lowest BCUT2D eigenvalue weighted by atomic mass is 10.2. The first-order valence-corrected chi connectivity index (χ1v) is 6.24. The van der Waals surface area contributed by atoms with E-state index in [1.807, 2.05) is 6.07 Å². The molecule has 0 aromatic carbocycles. The lowest BCUT2D eigenvalue weighted by Crippen LogP contribution is -2.32. The molecule has 0 aliphatic carbocycles. The van der Waals surface area contributed by atoms with E-state index < -0.39 is 0 Å². The number of pyridine rings is 1. The maximum Gasteiger partial charge on any atom is 0.130 e. The van der Waals surface area contributed by atoms with E-state index in [0.717, 1.165) is 23.4 Å². The van der Waals surface area contributed by atoms with E-state index in [-0.39, 0.29) is 0 Å². The third-order valence-electron chi connectivity index (χ3n) is 2.31. The summed E-state index contributed by atoms with van der Waals surface area (Å²) >= 11 is 3.44. The summed E-state index contributed by atoms with van der Waals surface area (Å²) in [5.41, 5.74) is 1.24. The molecule has 0 bridgehead atoms. The van der Waals surface area contributed by atoms with Crippen molar-refractivity contribution in [3.8, 4) is 0 Å². The van der Waals surface area contributed by atoms with E-state index in [0.29, 0.717) is 6.04 Å². The minimum Gasteiger partial charge on any atom is -0.354 e. The Kier molecular flexibility index (Phi) is 4.58. The number of hydrogen-bond donors (Lipinski definition) is 0. The van der Waals surface area contributed by atoms with Crippen molar-refractivity contribution in [1.82, 2.24) is 4.98 Å². The summed E-state index contributed by atoms with van der Waals surface area (Å²) in [5.74, 6) is 1.07. The van der Waals surface area contributed by atoms with Crippen molar-refractivity contribution in [2.45, 2.75) is 40.2 Å². The maximum absolute atomic E-state index is 4.52. The van der Waals surface area contributed by atoms with Gasteiger partial charge < -0.3 is 4.90 Å². The van der Waals surface area contributed by atoms with Gasteiger partial charge in [-0.1, -0.05) is 6.92 Å². The first-order chi connectivity index (χ1) is 7.04. The quantitative estimate of drug-likeness (QED) is 0.775. The fourth-order valence-electron chi connectivity index (χ4n) is 1.63. The van der Waals surface area contributed by atoms with Gasteiger partial charge in [-0.3, -0.25) is 0 Å². The Bertz CT molecular complexity index is 303. The van der Waals surface area contributed by atoms with Crippen LogP contribution < -0.4 is 4.90 Å². The monoisotopic (exact) mass is 270 g/mol. The van der Waals surface area contributed by atoms with Crippen LogP contribution in [0.15, 0.2) is 16.7 Å². The number of hydrogen-bond acceptors (Lipinski definition) is 2. The van der Waals surface area contributed by atoms with Crippen LogP contribution in [0.2, 0.25) is 0 Å². The fourth-order valence-corrected chi connectivity index (χ4v) is 2.18. The molecule has 3 heteroatoms. The molecule has 0 saturated heterocycles. The zero-order valence-corrected chi connectivity index (χ0v) is 11.5. The molecule has 0 fully saturated rings. The number of nitrogens with zero attached hydrogens (tertiary/aromatic N) is 2. The van der Waals surface area contributed by atoms with Gasteiger partial charge in [-0.2, -0.15) is 0 Å². The molecule has 0 atom stereocenters. The summed E-state index contributed by atoms with van der Waals surface area (Å²) in [7, 11) is 0. The molecule has 0 N–H and O–H groups in total. The molecule has 0 aliphatic rings. The summed E-state index contributed by atoms with van der Waals surface area (Å²) < 4.78 is 0.916. The first-order valence-electron chi connectivity index (χ1n) is 5.45. The molecule has 0 unspecified atom stereocenters. The summed E-state index contributed by atoms with van der Waals surface area (Å²) in [5, 5.41) is 0. The van der Waals surface area contributed by atoms with Crippen LogP contribution >= 0.6 is 15.9 Å². The maximum atomic E-state index is 4.52. The van der Waals surface area contributed by atoms with Gasteiger partial charge in [-0.15, -0.1) is 0 Å². The molecular formula is C12H19BrN2. The largest absolute Gasteiger partial charge is 0.354 e. The van der Waals surface area contributed by atoms with Crippen molar-refractivity contribution in [3.05, 3.63) is 22.3 Å². The van der Waals surface area contributed by atoms with Crippen LogP contribution in [0.4, 0.5) is 5.82 Å². The van der Waals surface area contributed by atoms with Crippen molar-refractivity contribution in [2.75, 3.05) is 11.4 Å². The molecule has 84 valence electrons. The van der Waals surface area contributed by atoms with Crippen LogP contribution in [0.25, 0.3) is 0 Å². The second-order valence-corrected chi connectivity index (χ2v) is 4.93. The van der Waals surface area contributed by atoms with Crippen molar-refractivity contribution < 1.29 is 0 Å². The number of anilines is 1. The highest BCUT2D eigenvalue weighted by Gasteiger charge is 2.11. The topological polar surface area (TPSA) is 16.1 Å². The molecule has 1 aromatic rings. The predicted octanol–water partition coefficient (Wildman–Crippen LogP) is 3.78. The molecule has 0 amide bonds. The Balaban J connectivity index is 2.99. The second kappa shape index (κ2) is 5.50. The van der Waals surface area contributed by atoms with E-state index in [2.05, 4.69) is 59.6 Å². The number of aryl methyl sites for hydroxylation is 1. The van der Waals surface area contributed by atoms with Crippen molar-refractivity contribution in [3.63, 3.8) is 0 Å². The fraction of sp³-hybridized carbons (Fsp3) is 0.583. The Morgan fingerprint density at radius 2 is 2.07 bits per heavy atom. The van der Waals surface area contributed by atoms with Gasteiger partial charge >= 0.3 is 0 Å². The Morgan fingerprint density at radius 3 is 2.53 bits per heavy atom. The van der Waals surface area contributed by atoms with Gasteiger partial charge in [-0.05, 0) is 60.8 Å². The third kappa shape index (κ3) is 3.49. The molecule has 1 rings (SSSR count). The molecule has 0 aliphatic heterocycles. The van der Waals surface area contributed by atoms with E-state index in [9.17, 15) is 0 Å². The summed E-state index contributed by atoms with van der Waals surface area (Å²) in [6, 6.07) is 4.67. The van der Waals surface area contributed by atoms with Gasteiger partial charge in [0.05, 0.1) is 0 Å². The molecule has 1 aromatic heterocycles. The lowest BCUT2D eigenvalue weighted by molar-refractivity contribution is 0.661. The Morgan fingerprint density at radius 1 is 1.40 bits per heavy atom. The van der Waals surface area contributed by atoms with Crippen LogP contribution in [-0.2, 0) is 0 Å². The number of aromatic nitrogens is 1. The number of halogens is 1. The SMILES string of the molecule is CCCN(c1cc(C)cc(Br)n1)C(C)C. The molecule has 0 radical (unpaired) electrons. The zero-order valence-electron chi connectivity index (χ0n) is 9.92. The average molecular weight is 271 g/mol. The molecular weight excluding hydrogens is 252 g/mol. The second-order valence-electron chi connectivity index (χ2n) is 4.11. The molecule has 2 nitrogen and oxygen atoms in total. The van der Waals surface area contributed by atoms with Gasteiger partial charge in [0.25, 0.3) is 0 Å². The van der Waals surface area contributed by atoms with Gasteiger partial charge in [0.1, 0.15) is 10.4 Å². The highest BCUT2D eigenvalue weighted by atomic mass is 79.9. The van der Waals surface area contributed by atoms with E-state index in [1.165, 1.54) is 5.56 Å². The van der Waals surface area contributed by atoms with Gasteiger partial charge in [-0.25, -0.2) is 4.98 Å². The number of rotatable bonds is 4. The molecule has 15 heavy (non-hydrogen) atoms. The molecule has 1 heterocycles. The first kappa shape index (κ1) is 12.5. The highest BCUT2D eigenvalue weighted by Crippen LogP contribution is 2.20. The summed E-state index contributed by atoms with van der Waals surface area (Å²) in [6.45, 7) is 9.75. The molecule has 0 saturated carbocycles. The van der Waals surface area contributed by atoms with Crippen molar-refractivity contribution >= 4 is 21.7 Å². The third-order valence-corrected chi connectivity index (χ3v) is 2.71. The molecule has 0 spiro atoms. The van der Waals surface area contributed by atoms with Crippen molar-refractivity contribution in [1.29, 1.82) is 0 Å². The van der Waals surface area contributed by atoms with E-state index in [1.54, 1.807) is 0 Å².